The summed E-state index contributed by atoms with van der Waals surface area (Å²) in [6.07, 6.45) is 7.31. The fourth-order valence-corrected chi connectivity index (χ4v) is 3.64. The Morgan fingerprint density at radius 2 is 1.86 bits per heavy atom. The molecule has 0 aromatic heterocycles. The number of piperidine rings is 1. The summed E-state index contributed by atoms with van der Waals surface area (Å²) in [4.78, 5) is 15.0. The van der Waals surface area contributed by atoms with E-state index in [1.165, 1.54) is 43.2 Å². The molecule has 146 valence electrons. The van der Waals surface area contributed by atoms with Gasteiger partial charge in [0.2, 0.25) is 0 Å². The highest BCUT2D eigenvalue weighted by Crippen LogP contribution is 2.31. The average molecular weight is 379 g/mol. The van der Waals surface area contributed by atoms with Crippen molar-refractivity contribution in [3.05, 3.63) is 65.0 Å². The zero-order valence-electron chi connectivity index (χ0n) is 16.0. The van der Waals surface area contributed by atoms with Gasteiger partial charge in [-0.15, -0.1) is 0 Å². The van der Waals surface area contributed by atoms with E-state index >= 15 is 0 Å². The van der Waals surface area contributed by atoms with E-state index in [0.29, 0.717) is 11.3 Å². The van der Waals surface area contributed by atoms with Crippen LogP contribution in [0.4, 0.5) is 15.8 Å². The van der Waals surface area contributed by atoms with Gasteiger partial charge in [0.25, 0.3) is 5.91 Å². The summed E-state index contributed by atoms with van der Waals surface area (Å²) in [6, 6.07) is 11.5. The Labute approximate surface area is 165 Å². The normalized spacial score (nSPS) is 17.4. The van der Waals surface area contributed by atoms with Gasteiger partial charge in [-0.05, 0) is 67.5 Å². The van der Waals surface area contributed by atoms with Gasteiger partial charge in [-0.1, -0.05) is 23.8 Å². The molecular weight excluding hydrogens is 353 g/mol. The number of nitrogens with zero attached hydrogens (tertiary/aromatic N) is 1. The predicted octanol–water partition coefficient (Wildman–Crippen LogP) is 4.55. The third-order valence-corrected chi connectivity index (χ3v) is 5.52. The van der Waals surface area contributed by atoms with Crippen LogP contribution in [0.3, 0.4) is 0 Å². The van der Waals surface area contributed by atoms with Crippen LogP contribution in [0.25, 0.3) is 6.08 Å². The van der Waals surface area contributed by atoms with E-state index in [0.717, 1.165) is 37.4 Å². The molecule has 0 unspecified atom stereocenters. The third kappa shape index (κ3) is 4.78. The molecule has 4 nitrogen and oxygen atoms in total. The van der Waals surface area contributed by atoms with Crippen LogP contribution in [0.2, 0.25) is 0 Å². The number of hydrogen-bond donors (Lipinski definition) is 2. The molecule has 0 radical (unpaired) electrons. The Kier molecular flexibility index (Phi) is 5.44. The predicted molar refractivity (Wildman–Crippen MR) is 112 cm³/mol. The standard InChI is InChI=1S/C23H26FN3O/c24-20-7-8-22(21(25)14-20)26-23(28)19-5-3-16(4-6-19)13-17-9-11-27(12-10-17)15-18-1-2-18/h3-8,13-14,18H,1-2,9-12,15,25H2,(H,26,28). The minimum Gasteiger partial charge on any atom is -0.397 e. The van der Waals surface area contributed by atoms with Crippen LogP contribution < -0.4 is 11.1 Å². The van der Waals surface area contributed by atoms with E-state index in [-0.39, 0.29) is 11.6 Å². The number of hydrogen-bond acceptors (Lipinski definition) is 3. The molecule has 2 aromatic carbocycles. The number of nitrogen functional groups attached to an aromatic ring is 1. The second kappa shape index (κ2) is 8.15. The molecule has 4 rings (SSSR count). The van der Waals surface area contributed by atoms with Gasteiger partial charge in [-0.25, -0.2) is 4.39 Å². The molecule has 2 aliphatic rings. The topological polar surface area (TPSA) is 58.4 Å². The molecule has 1 heterocycles. The number of carbonyl (C=O) groups excluding carboxylic acids is 1. The molecule has 3 N–H and O–H groups in total. The van der Waals surface area contributed by atoms with Gasteiger partial charge in [0, 0.05) is 25.2 Å². The van der Waals surface area contributed by atoms with Crippen molar-refractivity contribution in [3.63, 3.8) is 0 Å². The van der Waals surface area contributed by atoms with Crippen LogP contribution in [-0.2, 0) is 0 Å². The number of benzene rings is 2. The summed E-state index contributed by atoms with van der Waals surface area (Å²) in [5.41, 5.74) is 9.51. The van der Waals surface area contributed by atoms with Crippen molar-refractivity contribution in [1.29, 1.82) is 0 Å². The lowest BCUT2D eigenvalue weighted by Crippen LogP contribution is -2.32. The molecule has 5 heteroatoms. The SMILES string of the molecule is Nc1cc(F)ccc1NC(=O)c1ccc(C=C2CCN(CC3CC3)CC2)cc1. The fourth-order valence-electron chi connectivity index (χ4n) is 3.64. The maximum atomic E-state index is 13.1. The first-order valence-electron chi connectivity index (χ1n) is 9.95. The zero-order valence-corrected chi connectivity index (χ0v) is 16.0. The first-order chi connectivity index (χ1) is 13.6. The summed E-state index contributed by atoms with van der Waals surface area (Å²) < 4.78 is 13.1. The summed E-state index contributed by atoms with van der Waals surface area (Å²) >= 11 is 0. The van der Waals surface area contributed by atoms with Crippen molar-refractivity contribution in [2.75, 3.05) is 30.7 Å². The Hall–Kier alpha value is -2.66. The molecule has 1 aliphatic heterocycles. The van der Waals surface area contributed by atoms with Crippen molar-refractivity contribution in [1.82, 2.24) is 4.90 Å². The Bertz CT molecular complexity index is 877. The number of likely N-dealkylation sites (tertiary alicyclic amines) is 1. The summed E-state index contributed by atoms with van der Waals surface area (Å²) in [6.45, 7) is 3.58. The minimum atomic E-state index is -0.425. The summed E-state index contributed by atoms with van der Waals surface area (Å²) in [5.74, 6) is 0.270. The number of nitrogens with one attached hydrogen (secondary N) is 1. The maximum Gasteiger partial charge on any atom is 0.255 e. The number of halogens is 1. The van der Waals surface area contributed by atoms with E-state index in [1.54, 1.807) is 0 Å². The quantitative estimate of drug-likeness (QED) is 0.750. The lowest BCUT2D eigenvalue weighted by molar-refractivity contribution is 0.102. The molecule has 0 atom stereocenters. The summed E-state index contributed by atoms with van der Waals surface area (Å²) in [7, 11) is 0. The minimum absolute atomic E-state index is 0.211. The van der Waals surface area contributed by atoms with E-state index in [1.807, 2.05) is 24.3 Å². The second-order valence-electron chi connectivity index (χ2n) is 7.85. The highest BCUT2D eigenvalue weighted by Gasteiger charge is 2.25. The lowest BCUT2D eigenvalue weighted by atomic mass is 10.00. The molecule has 28 heavy (non-hydrogen) atoms. The Morgan fingerprint density at radius 1 is 1.14 bits per heavy atom. The highest BCUT2D eigenvalue weighted by molar-refractivity contribution is 6.05. The van der Waals surface area contributed by atoms with E-state index in [2.05, 4.69) is 16.3 Å². The number of amides is 1. The molecule has 0 bridgehead atoms. The third-order valence-electron chi connectivity index (χ3n) is 5.52. The van der Waals surface area contributed by atoms with Crippen molar-refractivity contribution >= 4 is 23.4 Å². The monoisotopic (exact) mass is 379 g/mol. The van der Waals surface area contributed by atoms with Gasteiger partial charge in [0.15, 0.2) is 0 Å². The van der Waals surface area contributed by atoms with Crippen molar-refractivity contribution in [3.8, 4) is 0 Å². The van der Waals surface area contributed by atoms with Crippen LogP contribution in [0.15, 0.2) is 48.0 Å². The van der Waals surface area contributed by atoms with Gasteiger partial charge >= 0.3 is 0 Å². The first kappa shape index (κ1) is 18.7. The number of anilines is 2. The van der Waals surface area contributed by atoms with Gasteiger partial charge in [0.05, 0.1) is 11.4 Å². The van der Waals surface area contributed by atoms with Crippen molar-refractivity contribution in [2.24, 2.45) is 5.92 Å². The van der Waals surface area contributed by atoms with Crippen LogP contribution in [0.1, 0.15) is 41.6 Å². The smallest absolute Gasteiger partial charge is 0.255 e. The van der Waals surface area contributed by atoms with Crippen LogP contribution in [-0.4, -0.2) is 30.4 Å². The Balaban J connectivity index is 1.34. The lowest BCUT2D eigenvalue weighted by Gasteiger charge is -2.28. The van der Waals surface area contributed by atoms with Crippen LogP contribution in [0.5, 0.6) is 0 Å². The van der Waals surface area contributed by atoms with Gasteiger partial charge in [0.1, 0.15) is 5.82 Å². The highest BCUT2D eigenvalue weighted by atomic mass is 19.1. The van der Waals surface area contributed by atoms with Gasteiger partial charge in [-0.3, -0.25) is 4.79 Å². The molecule has 2 aromatic rings. The zero-order chi connectivity index (χ0) is 19.5. The maximum absolute atomic E-state index is 13.1. The van der Waals surface area contributed by atoms with Crippen molar-refractivity contribution in [2.45, 2.75) is 25.7 Å². The van der Waals surface area contributed by atoms with E-state index < -0.39 is 5.82 Å². The van der Waals surface area contributed by atoms with Crippen LogP contribution >= 0.6 is 0 Å². The van der Waals surface area contributed by atoms with Gasteiger partial charge in [-0.2, -0.15) is 0 Å². The van der Waals surface area contributed by atoms with Crippen LogP contribution in [0, 0.1) is 11.7 Å². The molecular formula is C23H26FN3O. The second-order valence-corrected chi connectivity index (χ2v) is 7.85. The molecule has 1 amide bonds. The number of rotatable bonds is 5. The summed E-state index contributed by atoms with van der Waals surface area (Å²) in [5, 5.41) is 2.73. The molecule has 0 spiro atoms. The fraction of sp³-hybridized carbons (Fsp3) is 0.348. The first-order valence-corrected chi connectivity index (χ1v) is 9.95. The molecule has 2 fully saturated rings. The molecule has 1 aliphatic carbocycles. The number of carbonyl (C=O) groups is 1. The van der Waals surface area contributed by atoms with Crippen molar-refractivity contribution < 1.29 is 9.18 Å². The number of nitrogens with two attached hydrogens (primary N) is 1. The van der Waals surface area contributed by atoms with E-state index in [4.69, 9.17) is 5.73 Å². The Morgan fingerprint density at radius 3 is 2.50 bits per heavy atom. The van der Waals surface area contributed by atoms with Gasteiger partial charge < -0.3 is 16.0 Å². The molecule has 1 saturated heterocycles. The van der Waals surface area contributed by atoms with E-state index in [9.17, 15) is 9.18 Å². The average Bonchev–Trinajstić information content (AvgIpc) is 3.50. The largest absolute Gasteiger partial charge is 0.397 e. The molecule has 1 saturated carbocycles.